The molecule has 0 aliphatic carbocycles. The highest BCUT2D eigenvalue weighted by Gasteiger charge is 2.22. The Bertz CT molecular complexity index is 333. The van der Waals surface area contributed by atoms with Crippen LogP contribution in [0.25, 0.3) is 0 Å². The van der Waals surface area contributed by atoms with E-state index in [1.807, 2.05) is 13.8 Å². The van der Waals surface area contributed by atoms with Crippen LogP contribution in [0.1, 0.15) is 27.2 Å². The molecule has 0 aliphatic rings. The Kier molecular flexibility index (Phi) is 7.55. The molecule has 7 nitrogen and oxygen atoms in total. The molecule has 3 amide bonds. The second kappa shape index (κ2) is 8.34. The van der Waals surface area contributed by atoms with E-state index in [1.54, 1.807) is 14.0 Å². The first-order chi connectivity index (χ1) is 8.83. The van der Waals surface area contributed by atoms with Gasteiger partial charge >= 0.3 is 12.0 Å². The molecule has 0 saturated heterocycles. The summed E-state index contributed by atoms with van der Waals surface area (Å²) in [4.78, 5) is 37.0. The number of rotatable bonds is 7. The highest BCUT2D eigenvalue weighted by Crippen LogP contribution is 1.97. The van der Waals surface area contributed by atoms with Crippen LogP contribution in [0.5, 0.6) is 0 Å². The molecule has 0 aromatic rings. The summed E-state index contributed by atoms with van der Waals surface area (Å²) in [6.45, 7) is 5.78. The average Bonchev–Trinajstić information content (AvgIpc) is 2.35. The molecule has 19 heavy (non-hydrogen) atoms. The molecule has 0 bridgehead atoms. The van der Waals surface area contributed by atoms with Gasteiger partial charge in [0.2, 0.25) is 5.91 Å². The largest absolute Gasteiger partial charge is 0.480 e. The number of carbonyl (C=O) groups is 3. The van der Waals surface area contributed by atoms with Gasteiger partial charge in [-0.2, -0.15) is 0 Å². The third-order valence-electron chi connectivity index (χ3n) is 2.67. The van der Waals surface area contributed by atoms with Crippen LogP contribution in [0.3, 0.4) is 0 Å². The summed E-state index contributed by atoms with van der Waals surface area (Å²) < 4.78 is 0. The predicted molar refractivity (Wildman–Crippen MR) is 70.8 cm³/mol. The van der Waals surface area contributed by atoms with E-state index in [-0.39, 0.29) is 12.5 Å². The first kappa shape index (κ1) is 17.2. The van der Waals surface area contributed by atoms with Crippen molar-refractivity contribution in [3.8, 4) is 0 Å². The Morgan fingerprint density at radius 3 is 2.26 bits per heavy atom. The number of hydrogen-bond donors (Lipinski definition) is 2. The smallest absolute Gasteiger partial charge is 0.323 e. The summed E-state index contributed by atoms with van der Waals surface area (Å²) in [7, 11) is 1.64. The summed E-state index contributed by atoms with van der Waals surface area (Å²) >= 11 is 0. The van der Waals surface area contributed by atoms with Crippen molar-refractivity contribution in [3.63, 3.8) is 0 Å². The molecule has 7 heteroatoms. The van der Waals surface area contributed by atoms with Crippen molar-refractivity contribution >= 4 is 17.9 Å². The number of carboxylic acid groups (broad SMARTS) is 1. The van der Waals surface area contributed by atoms with Crippen molar-refractivity contribution in [2.75, 3.05) is 26.7 Å². The standard InChI is InChI=1S/C12H23N3O4/c1-5-7-15(8-10(16)17)12(19)13-9(3)11(18)14(4)6-2/h9H,5-8H2,1-4H3,(H,13,19)(H,16,17). The van der Waals surface area contributed by atoms with E-state index < -0.39 is 18.0 Å². The third-order valence-corrected chi connectivity index (χ3v) is 2.67. The first-order valence-corrected chi connectivity index (χ1v) is 6.35. The zero-order valence-corrected chi connectivity index (χ0v) is 12.0. The molecule has 0 saturated carbocycles. The Balaban J connectivity index is 4.53. The number of aliphatic carboxylic acids is 1. The number of carboxylic acids is 1. The second-order valence-electron chi connectivity index (χ2n) is 4.34. The van der Waals surface area contributed by atoms with Crippen molar-refractivity contribution in [1.82, 2.24) is 15.1 Å². The molecule has 110 valence electrons. The molecule has 2 N–H and O–H groups in total. The van der Waals surface area contributed by atoms with Crippen LogP contribution in [-0.4, -0.2) is 65.5 Å². The average molecular weight is 273 g/mol. The molecule has 0 aliphatic heterocycles. The minimum absolute atomic E-state index is 0.206. The van der Waals surface area contributed by atoms with E-state index in [4.69, 9.17) is 5.11 Å². The summed E-state index contributed by atoms with van der Waals surface area (Å²) in [6, 6.07) is -1.21. The van der Waals surface area contributed by atoms with Gasteiger partial charge in [-0.15, -0.1) is 0 Å². The molecule has 1 atom stereocenters. The molecule has 1 unspecified atom stereocenters. The Morgan fingerprint density at radius 1 is 1.26 bits per heavy atom. The van der Waals surface area contributed by atoms with E-state index >= 15 is 0 Å². The van der Waals surface area contributed by atoms with Crippen molar-refractivity contribution in [3.05, 3.63) is 0 Å². The number of carbonyl (C=O) groups excluding carboxylic acids is 2. The number of nitrogens with one attached hydrogen (secondary N) is 1. The number of hydrogen-bond acceptors (Lipinski definition) is 3. The lowest BCUT2D eigenvalue weighted by Gasteiger charge is -2.25. The first-order valence-electron chi connectivity index (χ1n) is 6.35. The normalized spacial score (nSPS) is 11.6. The van der Waals surface area contributed by atoms with Crippen LogP contribution in [0.2, 0.25) is 0 Å². The van der Waals surface area contributed by atoms with Crippen molar-refractivity contribution < 1.29 is 19.5 Å². The van der Waals surface area contributed by atoms with Gasteiger partial charge in [-0.25, -0.2) is 4.79 Å². The van der Waals surface area contributed by atoms with Crippen molar-refractivity contribution in [2.24, 2.45) is 0 Å². The molecule has 0 aromatic heterocycles. The Labute approximate surface area is 113 Å². The number of nitrogens with zero attached hydrogens (tertiary/aromatic N) is 2. The molecule has 0 heterocycles. The molecule has 0 radical (unpaired) electrons. The SMILES string of the molecule is CCCN(CC(=O)O)C(=O)NC(C)C(=O)N(C)CC. The van der Waals surface area contributed by atoms with E-state index in [2.05, 4.69) is 5.32 Å². The maximum Gasteiger partial charge on any atom is 0.323 e. The van der Waals surface area contributed by atoms with E-state index in [1.165, 1.54) is 9.80 Å². The monoisotopic (exact) mass is 273 g/mol. The fourth-order valence-electron chi connectivity index (χ4n) is 1.51. The van der Waals surface area contributed by atoms with Crippen molar-refractivity contribution in [1.29, 1.82) is 0 Å². The van der Waals surface area contributed by atoms with E-state index in [0.29, 0.717) is 19.5 Å². The van der Waals surface area contributed by atoms with Gasteiger partial charge in [-0.3, -0.25) is 9.59 Å². The number of likely N-dealkylation sites (N-methyl/N-ethyl adjacent to an activating group) is 1. The fraction of sp³-hybridized carbons (Fsp3) is 0.750. The summed E-state index contributed by atoms with van der Waals surface area (Å²) in [5.41, 5.74) is 0. The minimum atomic E-state index is -1.08. The number of amides is 3. The van der Waals surface area contributed by atoms with Gasteiger partial charge in [0.15, 0.2) is 0 Å². The topological polar surface area (TPSA) is 90.0 Å². The van der Waals surface area contributed by atoms with Gasteiger partial charge < -0.3 is 20.2 Å². The fourth-order valence-corrected chi connectivity index (χ4v) is 1.51. The highest BCUT2D eigenvalue weighted by atomic mass is 16.4. The van der Waals surface area contributed by atoms with Gasteiger partial charge in [-0.1, -0.05) is 6.92 Å². The van der Waals surface area contributed by atoms with Gasteiger partial charge in [-0.05, 0) is 20.3 Å². The zero-order chi connectivity index (χ0) is 15.0. The predicted octanol–water partition coefficient (Wildman–Crippen LogP) is 0.359. The maximum atomic E-state index is 11.9. The zero-order valence-electron chi connectivity index (χ0n) is 12.0. The highest BCUT2D eigenvalue weighted by molar-refractivity contribution is 5.87. The van der Waals surface area contributed by atoms with Gasteiger partial charge in [0.05, 0.1) is 0 Å². The van der Waals surface area contributed by atoms with Crippen LogP contribution in [0.4, 0.5) is 4.79 Å². The number of urea groups is 1. The lowest BCUT2D eigenvalue weighted by Crippen LogP contribution is -2.51. The summed E-state index contributed by atoms with van der Waals surface area (Å²) in [6.07, 6.45) is 0.651. The molecule has 0 rings (SSSR count). The quantitative estimate of drug-likeness (QED) is 0.700. The van der Waals surface area contributed by atoms with Crippen LogP contribution >= 0.6 is 0 Å². The Hall–Kier alpha value is -1.79. The van der Waals surface area contributed by atoms with Crippen LogP contribution < -0.4 is 5.32 Å². The second-order valence-corrected chi connectivity index (χ2v) is 4.34. The lowest BCUT2D eigenvalue weighted by molar-refractivity contribution is -0.137. The van der Waals surface area contributed by atoms with Crippen LogP contribution in [0.15, 0.2) is 0 Å². The summed E-state index contributed by atoms with van der Waals surface area (Å²) in [5, 5.41) is 11.2. The molecule has 0 aromatic carbocycles. The van der Waals surface area contributed by atoms with Crippen LogP contribution in [0, 0.1) is 0 Å². The third kappa shape index (κ3) is 6.08. The summed E-state index contributed by atoms with van der Waals surface area (Å²) in [5.74, 6) is -1.28. The van der Waals surface area contributed by atoms with Gasteiger partial charge in [0.1, 0.15) is 12.6 Å². The van der Waals surface area contributed by atoms with Gasteiger partial charge in [0.25, 0.3) is 0 Å². The molecular weight excluding hydrogens is 250 g/mol. The van der Waals surface area contributed by atoms with Gasteiger partial charge in [0, 0.05) is 20.1 Å². The lowest BCUT2D eigenvalue weighted by atomic mass is 10.3. The van der Waals surface area contributed by atoms with E-state index in [9.17, 15) is 14.4 Å². The van der Waals surface area contributed by atoms with E-state index in [0.717, 1.165) is 0 Å². The molecule has 0 fully saturated rings. The van der Waals surface area contributed by atoms with Crippen LogP contribution in [-0.2, 0) is 9.59 Å². The maximum absolute atomic E-state index is 11.9. The molecular formula is C12H23N3O4. The minimum Gasteiger partial charge on any atom is -0.480 e. The van der Waals surface area contributed by atoms with Crippen molar-refractivity contribution in [2.45, 2.75) is 33.2 Å². The molecule has 0 spiro atoms. The Morgan fingerprint density at radius 2 is 1.84 bits per heavy atom.